The molecule has 0 unspecified atom stereocenters. The molecule has 2 aromatic rings. The van der Waals surface area contributed by atoms with E-state index in [2.05, 4.69) is 31.5 Å². The SMILES string of the molecule is C=C\C(=C/C(=C(\C)CCC)C(=C\C)/c1nc(-c2ccc[nH]c2=O)sc1C)OC. The Morgan fingerprint density at radius 3 is 2.75 bits per heavy atom. The van der Waals surface area contributed by atoms with Gasteiger partial charge in [-0.1, -0.05) is 31.6 Å². The first-order valence-electron chi connectivity index (χ1n) is 9.37. The van der Waals surface area contributed by atoms with Gasteiger partial charge in [0.1, 0.15) is 10.8 Å². The van der Waals surface area contributed by atoms with Crippen LogP contribution in [0.15, 0.2) is 64.8 Å². The fourth-order valence-electron chi connectivity index (χ4n) is 3.06. The number of pyridine rings is 1. The van der Waals surface area contributed by atoms with Crippen LogP contribution in [0.2, 0.25) is 0 Å². The molecule has 0 aliphatic carbocycles. The van der Waals surface area contributed by atoms with E-state index in [0.717, 1.165) is 39.6 Å². The minimum atomic E-state index is -0.129. The highest BCUT2D eigenvalue weighted by molar-refractivity contribution is 7.15. The third kappa shape index (κ3) is 4.78. The monoisotopic (exact) mass is 396 g/mol. The van der Waals surface area contributed by atoms with Crippen molar-refractivity contribution in [3.05, 3.63) is 81.0 Å². The number of nitrogens with zero attached hydrogens (tertiary/aromatic N) is 1. The van der Waals surface area contributed by atoms with Gasteiger partial charge in [-0.3, -0.25) is 4.79 Å². The highest BCUT2D eigenvalue weighted by atomic mass is 32.1. The second kappa shape index (κ2) is 10.0. The summed E-state index contributed by atoms with van der Waals surface area (Å²) in [6, 6.07) is 3.62. The first kappa shape index (κ1) is 21.6. The molecule has 148 valence electrons. The molecule has 28 heavy (non-hydrogen) atoms. The van der Waals surface area contributed by atoms with Gasteiger partial charge in [-0.25, -0.2) is 4.98 Å². The van der Waals surface area contributed by atoms with E-state index in [-0.39, 0.29) is 5.56 Å². The molecule has 5 heteroatoms. The van der Waals surface area contributed by atoms with Gasteiger partial charge in [-0.05, 0) is 57.0 Å². The van der Waals surface area contributed by atoms with Gasteiger partial charge in [0.05, 0.1) is 18.4 Å². The highest BCUT2D eigenvalue weighted by Crippen LogP contribution is 2.35. The van der Waals surface area contributed by atoms with Gasteiger partial charge in [-0.15, -0.1) is 11.3 Å². The Labute approximate surface area is 171 Å². The summed E-state index contributed by atoms with van der Waals surface area (Å²) in [5, 5.41) is 0.723. The number of rotatable bonds is 8. The fourth-order valence-corrected chi connectivity index (χ4v) is 4.01. The summed E-state index contributed by atoms with van der Waals surface area (Å²) >= 11 is 1.53. The van der Waals surface area contributed by atoms with E-state index in [1.54, 1.807) is 25.4 Å². The van der Waals surface area contributed by atoms with Crippen molar-refractivity contribution in [2.24, 2.45) is 0 Å². The van der Waals surface area contributed by atoms with E-state index in [4.69, 9.17) is 9.72 Å². The van der Waals surface area contributed by atoms with Crippen LogP contribution in [-0.2, 0) is 4.74 Å². The lowest BCUT2D eigenvalue weighted by molar-refractivity contribution is 0.307. The average molecular weight is 397 g/mol. The molecule has 0 aromatic carbocycles. The molecule has 4 nitrogen and oxygen atoms in total. The summed E-state index contributed by atoms with van der Waals surface area (Å²) in [6.07, 6.45) is 9.45. The Hall–Kier alpha value is -2.66. The molecular weight excluding hydrogens is 368 g/mol. The summed E-state index contributed by atoms with van der Waals surface area (Å²) in [5.74, 6) is 0.706. The summed E-state index contributed by atoms with van der Waals surface area (Å²) in [4.78, 5) is 20.8. The third-order valence-corrected chi connectivity index (χ3v) is 5.49. The lowest BCUT2D eigenvalue weighted by atomic mass is 9.94. The number of ether oxygens (including phenoxy) is 1. The van der Waals surface area contributed by atoms with Crippen molar-refractivity contribution in [2.45, 2.75) is 40.5 Å². The Morgan fingerprint density at radius 2 is 2.18 bits per heavy atom. The largest absolute Gasteiger partial charge is 0.497 e. The van der Waals surface area contributed by atoms with Crippen molar-refractivity contribution in [1.29, 1.82) is 0 Å². The Balaban J connectivity index is 2.64. The lowest BCUT2D eigenvalue weighted by Gasteiger charge is -2.13. The van der Waals surface area contributed by atoms with Crippen molar-refractivity contribution >= 4 is 16.9 Å². The lowest BCUT2D eigenvalue weighted by Crippen LogP contribution is -2.06. The molecule has 0 spiro atoms. The third-order valence-electron chi connectivity index (χ3n) is 4.49. The van der Waals surface area contributed by atoms with Gasteiger partial charge >= 0.3 is 0 Å². The number of thiazole rings is 1. The first-order chi connectivity index (χ1) is 13.5. The second-order valence-corrected chi connectivity index (χ2v) is 7.64. The van der Waals surface area contributed by atoms with E-state index >= 15 is 0 Å². The minimum absolute atomic E-state index is 0.129. The molecule has 2 aromatic heterocycles. The van der Waals surface area contributed by atoms with Crippen molar-refractivity contribution < 1.29 is 4.74 Å². The van der Waals surface area contributed by atoms with Crippen LogP contribution in [0.25, 0.3) is 16.1 Å². The van der Waals surface area contributed by atoms with Crippen LogP contribution in [0, 0.1) is 6.92 Å². The van der Waals surface area contributed by atoms with Gasteiger partial charge in [0, 0.05) is 16.6 Å². The summed E-state index contributed by atoms with van der Waals surface area (Å²) in [6.45, 7) is 12.2. The topological polar surface area (TPSA) is 55.0 Å². The van der Waals surface area contributed by atoms with Crippen molar-refractivity contribution in [1.82, 2.24) is 9.97 Å². The minimum Gasteiger partial charge on any atom is -0.497 e. The van der Waals surface area contributed by atoms with Crippen LogP contribution in [0.5, 0.6) is 0 Å². The summed E-state index contributed by atoms with van der Waals surface area (Å²) < 4.78 is 5.43. The van der Waals surface area contributed by atoms with Crippen LogP contribution in [0.1, 0.15) is 44.2 Å². The Bertz CT molecular complexity index is 990. The van der Waals surface area contributed by atoms with Gasteiger partial charge in [0.15, 0.2) is 0 Å². The van der Waals surface area contributed by atoms with E-state index in [0.29, 0.717) is 11.3 Å². The molecule has 0 aliphatic rings. The zero-order valence-corrected chi connectivity index (χ0v) is 18.1. The van der Waals surface area contributed by atoms with Crippen LogP contribution in [0.3, 0.4) is 0 Å². The number of hydrogen-bond donors (Lipinski definition) is 1. The predicted octanol–water partition coefficient (Wildman–Crippen LogP) is 6.04. The van der Waals surface area contributed by atoms with Gasteiger partial charge < -0.3 is 9.72 Å². The summed E-state index contributed by atoms with van der Waals surface area (Å²) in [5.41, 5.74) is 4.74. The van der Waals surface area contributed by atoms with Crippen molar-refractivity contribution in [2.75, 3.05) is 7.11 Å². The highest BCUT2D eigenvalue weighted by Gasteiger charge is 2.18. The molecule has 0 saturated carbocycles. The predicted molar refractivity (Wildman–Crippen MR) is 119 cm³/mol. The molecular formula is C23H28N2O2S. The molecule has 0 atom stereocenters. The standard InChI is InChI=1S/C23H28N2O2S/c1-7-11-15(4)20(14-17(8-2)27-6)18(9-3)21-16(5)28-23(25-21)19-12-10-13-24-22(19)26/h8-10,12-14H,2,7,11H2,1,3-6H3,(H,24,26)/b17-14+,18-9+,20-15-. The van der Waals surface area contributed by atoms with Crippen LogP contribution < -0.4 is 5.56 Å². The Kier molecular flexibility index (Phi) is 7.76. The molecule has 2 rings (SSSR count). The van der Waals surface area contributed by atoms with Gasteiger partial charge in [-0.2, -0.15) is 0 Å². The molecule has 2 heterocycles. The number of aromatic nitrogens is 2. The maximum absolute atomic E-state index is 12.2. The molecule has 0 radical (unpaired) electrons. The molecule has 0 bridgehead atoms. The Morgan fingerprint density at radius 1 is 1.43 bits per heavy atom. The number of allylic oxidation sites excluding steroid dienone is 6. The number of nitrogens with one attached hydrogen (secondary N) is 1. The smallest absolute Gasteiger partial charge is 0.258 e. The zero-order valence-electron chi connectivity index (χ0n) is 17.3. The quantitative estimate of drug-likeness (QED) is 0.437. The first-order valence-corrected chi connectivity index (χ1v) is 10.2. The number of H-pyrrole nitrogens is 1. The second-order valence-electron chi connectivity index (χ2n) is 6.44. The van der Waals surface area contributed by atoms with Gasteiger partial charge in [0.2, 0.25) is 0 Å². The van der Waals surface area contributed by atoms with Crippen LogP contribution in [-0.4, -0.2) is 17.1 Å². The normalized spacial score (nSPS) is 13.3. The maximum Gasteiger partial charge on any atom is 0.258 e. The van der Waals surface area contributed by atoms with Crippen LogP contribution >= 0.6 is 11.3 Å². The molecule has 1 N–H and O–H groups in total. The number of methoxy groups -OCH3 is 1. The molecule has 0 saturated heterocycles. The molecule has 0 amide bonds. The van der Waals surface area contributed by atoms with Crippen LogP contribution in [0.4, 0.5) is 0 Å². The van der Waals surface area contributed by atoms with Crippen molar-refractivity contribution in [3.63, 3.8) is 0 Å². The average Bonchev–Trinajstić information content (AvgIpc) is 3.06. The van der Waals surface area contributed by atoms with E-state index in [1.807, 2.05) is 26.0 Å². The fraction of sp³-hybridized carbons (Fsp3) is 0.304. The molecule has 0 fully saturated rings. The van der Waals surface area contributed by atoms with Crippen molar-refractivity contribution in [3.8, 4) is 10.6 Å². The number of aryl methyl sites for hydroxylation is 1. The number of hydrogen-bond acceptors (Lipinski definition) is 4. The number of aromatic amines is 1. The molecule has 0 aliphatic heterocycles. The van der Waals surface area contributed by atoms with Gasteiger partial charge in [0.25, 0.3) is 5.56 Å². The summed E-state index contributed by atoms with van der Waals surface area (Å²) in [7, 11) is 1.64. The van der Waals surface area contributed by atoms with E-state index in [1.165, 1.54) is 16.9 Å². The zero-order chi connectivity index (χ0) is 20.7. The maximum atomic E-state index is 12.2. The van der Waals surface area contributed by atoms with E-state index in [9.17, 15) is 4.79 Å². The van der Waals surface area contributed by atoms with E-state index < -0.39 is 0 Å².